The van der Waals surface area contributed by atoms with E-state index in [-0.39, 0.29) is 23.3 Å². The Morgan fingerprint density at radius 2 is 1.72 bits per heavy atom. The van der Waals surface area contributed by atoms with E-state index < -0.39 is 17.7 Å². The number of rotatable bonds is 4. The molecule has 5 nitrogen and oxygen atoms in total. The number of carbonyl (C=O) groups is 2. The fourth-order valence-corrected chi connectivity index (χ4v) is 4.91. The van der Waals surface area contributed by atoms with Gasteiger partial charge in [0.15, 0.2) is 0 Å². The summed E-state index contributed by atoms with van der Waals surface area (Å²) in [6.45, 7) is 8.30. The van der Waals surface area contributed by atoms with Crippen LogP contribution < -0.4 is 0 Å². The quantitative estimate of drug-likeness (QED) is 0.202. The third kappa shape index (κ3) is 4.01. The Balaban J connectivity index is 1.76. The number of nitrogens with zero attached hydrogens (tertiary/aromatic N) is 1. The molecule has 1 fully saturated rings. The molecule has 1 N–H and O–H groups in total. The van der Waals surface area contributed by atoms with Gasteiger partial charge in [0, 0.05) is 5.56 Å². The van der Waals surface area contributed by atoms with E-state index in [1.54, 1.807) is 18.4 Å². The van der Waals surface area contributed by atoms with Crippen molar-refractivity contribution in [2.24, 2.45) is 0 Å². The van der Waals surface area contributed by atoms with Gasteiger partial charge in [-0.25, -0.2) is 0 Å². The Morgan fingerprint density at radius 3 is 2.44 bits per heavy atom. The van der Waals surface area contributed by atoms with E-state index in [9.17, 15) is 14.7 Å². The van der Waals surface area contributed by atoms with Crippen molar-refractivity contribution in [3.63, 3.8) is 0 Å². The maximum atomic E-state index is 13.5. The number of furan rings is 1. The first kappa shape index (κ1) is 23.6. The van der Waals surface area contributed by atoms with Gasteiger partial charge in [0.25, 0.3) is 11.7 Å². The van der Waals surface area contributed by atoms with Crippen molar-refractivity contribution in [3.05, 3.63) is 113 Å². The van der Waals surface area contributed by atoms with Gasteiger partial charge in [-0.3, -0.25) is 9.59 Å². The third-order valence-corrected chi connectivity index (χ3v) is 6.92. The van der Waals surface area contributed by atoms with Crippen LogP contribution in [0.2, 0.25) is 0 Å². The van der Waals surface area contributed by atoms with E-state index in [0.717, 1.165) is 27.5 Å². The first-order valence-electron chi connectivity index (χ1n) is 12.1. The largest absolute Gasteiger partial charge is 0.507 e. The van der Waals surface area contributed by atoms with Gasteiger partial charge in [-0.15, -0.1) is 0 Å². The van der Waals surface area contributed by atoms with Gasteiger partial charge in [0.05, 0.1) is 24.4 Å². The van der Waals surface area contributed by atoms with Crippen molar-refractivity contribution in [1.82, 2.24) is 4.90 Å². The predicted octanol–water partition coefficient (Wildman–Crippen LogP) is 6.66. The number of aliphatic hydroxyl groups is 1. The van der Waals surface area contributed by atoms with Crippen LogP contribution in [0.15, 0.2) is 89.0 Å². The first-order valence-corrected chi connectivity index (χ1v) is 12.1. The van der Waals surface area contributed by atoms with E-state index >= 15 is 0 Å². The smallest absolute Gasteiger partial charge is 0.296 e. The van der Waals surface area contributed by atoms with Crippen molar-refractivity contribution in [2.75, 3.05) is 0 Å². The molecule has 1 amide bonds. The van der Waals surface area contributed by atoms with Gasteiger partial charge < -0.3 is 14.4 Å². The van der Waals surface area contributed by atoms with Crippen molar-refractivity contribution < 1.29 is 19.1 Å². The Morgan fingerprint density at radius 1 is 0.972 bits per heavy atom. The third-order valence-electron chi connectivity index (χ3n) is 6.92. The molecular formula is C31H29NO4. The Kier molecular flexibility index (Phi) is 5.79. The fraction of sp³-hybridized carbons (Fsp3) is 0.226. The number of amides is 1. The van der Waals surface area contributed by atoms with Gasteiger partial charge in [-0.1, -0.05) is 75.4 Å². The lowest BCUT2D eigenvalue weighted by atomic mass is 9.84. The normalized spacial score (nSPS) is 17.8. The van der Waals surface area contributed by atoms with E-state index in [2.05, 4.69) is 20.8 Å². The highest BCUT2D eigenvalue weighted by Crippen LogP contribution is 2.43. The monoisotopic (exact) mass is 479 g/mol. The lowest BCUT2D eigenvalue weighted by molar-refractivity contribution is -0.140. The molecule has 4 aromatic rings. The summed E-state index contributed by atoms with van der Waals surface area (Å²) < 4.78 is 5.52. The summed E-state index contributed by atoms with van der Waals surface area (Å²) >= 11 is 0. The summed E-state index contributed by atoms with van der Waals surface area (Å²) in [7, 11) is 0. The Labute approximate surface area is 210 Å². The number of carbonyl (C=O) groups excluding carboxylic acids is 2. The molecule has 1 aromatic heterocycles. The molecule has 5 heteroatoms. The summed E-state index contributed by atoms with van der Waals surface area (Å²) in [5, 5.41) is 13.6. The first-order chi connectivity index (χ1) is 17.2. The summed E-state index contributed by atoms with van der Waals surface area (Å²) in [5.41, 5.74) is 3.14. The molecule has 0 radical (unpaired) electrons. The van der Waals surface area contributed by atoms with Gasteiger partial charge in [-0.05, 0) is 58.0 Å². The number of aliphatic hydroxyl groups excluding tert-OH is 1. The summed E-state index contributed by atoms with van der Waals surface area (Å²) in [6.07, 6.45) is 1.54. The topological polar surface area (TPSA) is 70.8 Å². The number of hydrogen-bond donors (Lipinski definition) is 1. The zero-order valence-corrected chi connectivity index (χ0v) is 20.9. The molecule has 5 rings (SSSR count). The van der Waals surface area contributed by atoms with Gasteiger partial charge in [0.1, 0.15) is 11.5 Å². The molecule has 0 spiro atoms. The van der Waals surface area contributed by atoms with Crippen LogP contribution in [-0.4, -0.2) is 21.7 Å². The van der Waals surface area contributed by atoms with E-state index in [4.69, 9.17) is 4.42 Å². The highest BCUT2D eigenvalue weighted by molar-refractivity contribution is 6.46. The number of fused-ring (bicyclic) bond motifs is 1. The molecule has 1 atom stereocenters. The van der Waals surface area contributed by atoms with Crippen LogP contribution >= 0.6 is 0 Å². The van der Waals surface area contributed by atoms with E-state index in [1.165, 1.54) is 4.90 Å². The number of benzene rings is 3. The van der Waals surface area contributed by atoms with E-state index in [0.29, 0.717) is 11.3 Å². The summed E-state index contributed by atoms with van der Waals surface area (Å²) in [5.74, 6) is -0.946. The summed E-state index contributed by atoms with van der Waals surface area (Å²) in [4.78, 5) is 28.4. The average molecular weight is 480 g/mol. The van der Waals surface area contributed by atoms with Crippen LogP contribution in [0.3, 0.4) is 0 Å². The summed E-state index contributed by atoms with van der Waals surface area (Å²) in [6, 6.07) is 22.3. The lowest BCUT2D eigenvalue weighted by Gasteiger charge is -2.26. The van der Waals surface area contributed by atoms with Gasteiger partial charge >= 0.3 is 0 Å². The number of hydrogen-bond acceptors (Lipinski definition) is 4. The number of Topliss-reactive ketones (excluding diaryl/α,β-unsaturated/α-hetero) is 1. The maximum absolute atomic E-state index is 13.5. The van der Waals surface area contributed by atoms with Gasteiger partial charge in [0.2, 0.25) is 0 Å². The van der Waals surface area contributed by atoms with Crippen molar-refractivity contribution >= 4 is 28.2 Å². The minimum atomic E-state index is -0.765. The lowest BCUT2D eigenvalue weighted by Crippen LogP contribution is -2.29. The van der Waals surface area contributed by atoms with Crippen LogP contribution in [-0.2, 0) is 21.5 Å². The van der Waals surface area contributed by atoms with Crippen LogP contribution in [0, 0.1) is 6.92 Å². The molecule has 0 saturated carbocycles. The van der Waals surface area contributed by atoms with Crippen molar-refractivity contribution in [2.45, 2.75) is 45.7 Å². The minimum Gasteiger partial charge on any atom is -0.507 e. The van der Waals surface area contributed by atoms with E-state index in [1.807, 2.05) is 67.6 Å². The molecule has 36 heavy (non-hydrogen) atoms. The molecule has 3 aromatic carbocycles. The molecule has 2 heterocycles. The Bertz CT molecular complexity index is 1500. The average Bonchev–Trinajstić information content (AvgIpc) is 3.45. The molecule has 182 valence electrons. The second-order valence-corrected chi connectivity index (χ2v) is 10.4. The Hall–Kier alpha value is -4.12. The molecule has 0 aliphatic carbocycles. The van der Waals surface area contributed by atoms with Crippen LogP contribution in [0.25, 0.3) is 16.5 Å². The molecule has 1 unspecified atom stereocenters. The van der Waals surface area contributed by atoms with Crippen LogP contribution in [0.4, 0.5) is 0 Å². The zero-order valence-electron chi connectivity index (χ0n) is 20.9. The van der Waals surface area contributed by atoms with Gasteiger partial charge in [-0.2, -0.15) is 0 Å². The molecule has 1 saturated heterocycles. The SMILES string of the molecule is Cc1ccc(C(C)(C)C)cc1/C(O)=C1\C(=O)C(=O)N(Cc2ccco2)C1c1cccc2ccccc12. The van der Waals surface area contributed by atoms with Crippen LogP contribution in [0.5, 0.6) is 0 Å². The highest BCUT2D eigenvalue weighted by Gasteiger charge is 2.47. The molecule has 0 bridgehead atoms. The second-order valence-electron chi connectivity index (χ2n) is 10.4. The maximum Gasteiger partial charge on any atom is 0.296 e. The molecule has 1 aliphatic heterocycles. The molecular weight excluding hydrogens is 450 g/mol. The number of likely N-dealkylation sites (tertiary alicyclic amines) is 1. The standard InChI is InChI=1S/C31H29NO4/c1-19-14-15-21(31(2,3)4)17-25(19)28(33)26-27(24-13-7-10-20-9-5-6-12-23(20)24)32(30(35)29(26)34)18-22-11-8-16-36-22/h5-17,27,33H,18H2,1-4H3/b28-26+. The second kappa shape index (κ2) is 8.83. The van der Waals surface area contributed by atoms with Crippen molar-refractivity contribution in [1.29, 1.82) is 0 Å². The number of aryl methyl sites for hydroxylation is 1. The van der Waals surface area contributed by atoms with Crippen molar-refractivity contribution in [3.8, 4) is 0 Å². The number of ketones is 1. The molecule has 1 aliphatic rings. The predicted molar refractivity (Wildman–Crippen MR) is 140 cm³/mol. The zero-order chi connectivity index (χ0) is 25.6. The fourth-order valence-electron chi connectivity index (χ4n) is 4.91. The minimum absolute atomic E-state index is 0.0945. The van der Waals surface area contributed by atoms with Crippen LogP contribution in [0.1, 0.15) is 54.8 Å². The highest BCUT2D eigenvalue weighted by atomic mass is 16.3.